The second-order valence-electron chi connectivity index (χ2n) is 4.93. The van der Waals surface area contributed by atoms with Crippen molar-refractivity contribution in [1.29, 1.82) is 0 Å². The number of ether oxygens (including phenoxy) is 1. The molecule has 1 heterocycles. The molecule has 0 bridgehead atoms. The molecule has 5 heteroatoms. The van der Waals surface area contributed by atoms with Crippen molar-refractivity contribution in [3.63, 3.8) is 0 Å². The van der Waals surface area contributed by atoms with Gasteiger partial charge in [-0.3, -0.25) is 0 Å². The van der Waals surface area contributed by atoms with Gasteiger partial charge in [0.05, 0.1) is 0 Å². The van der Waals surface area contributed by atoms with E-state index in [-0.39, 0.29) is 0 Å². The van der Waals surface area contributed by atoms with Crippen LogP contribution in [-0.4, -0.2) is 23.1 Å². The summed E-state index contributed by atoms with van der Waals surface area (Å²) in [6.45, 7) is 6.17. The molecule has 3 N–H and O–H groups in total. The second-order valence-corrected chi connectivity index (χ2v) is 4.93. The monoisotopic (exact) mass is 280 g/mol. The van der Waals surface area contributed by atoms with Crippen LogP contribution in [0.2, 0.25) is 0 Å². The van der Waals surface area contributed by atoms with Gasteiger partial charge in [-0.1, -0.05) is 39.0 Å². The molecule has 0 spiro atoms. The van der Waals surface area contributed by atoms with Crippen molar-refractivity contribution < 1.29 is 4.74 Å². The number of rotatable bonds is 11. The number of aromatic nitrogens is 2. The van der Waals surface area contributed by atoms with Crippen LogP contribution in [0, 0.1) is 0 Å². The van der Waals surface area contributed by atoms with Crippen LogP contribution >= 0.6 is 0 Å². The molecule has 0 amide bonds. The molecule has 0 atom stereocenters. The molecule has 0 unspecified atom stereocenters. The largest absolute Gasteiger partial charge is 0.384 e. The Morgan fingerprint density at radius 3 is 2.60 bits per heavy atom. The van der Waals surface area contributed by atoms with Gasteiger partial charge in [0.1, 0.15) is 18.2 Å². The number of nitrogens with one attached hydrogen (secondary N) is 1. The van der Waals surface area contributed by atoms with Crippen molar-refractivity contribution >= 4 is 11.6 Å². The minimum atomic E-state index is 0.410. The third-order valence-electron chi connectivity index (χ3n) is 3.06. The molecule has 0 aliphatic rings. The lowest BCUT2D eigenvalue weighted by molar-refractivity contribution is 0.128. The zero-order chi connectivity index (χ0) is 14.6. The molecule has 1 aromatic heterocycles. The Balaban J connectivity index is 2.26. The molecule has 114 valence electrons. The molecule has 5 nitrogen and oxygen atoms in total. The molecule has 0 aliphatic carbocycles. The van der Waals surface area contributed by atoms with E-state index in [2.05, 4.69) is 22.2 Å². The molecule has 1 rings (SSSR count). The number of hydrogen-bond donors (Lipinski definition) is 2. The summed E-state index contributed by atoms with van der Waals surface area (Å²) in [7, 11) is 0. The summed E-state index contributed by atoms with van der Waals surface area (Å²) in [5.74, 6) is 1.92. The Morgan fingerprint density at radius 2 is 1.85 bits per heavy atom. The highest BCUT2D eigenvalue weighted by Crippen LogP contribution is 2.10. The molecule has 0 aliphatic heterocycles. The first kappa shape index (κ1) is 16.7. The first-order chi connectivity index (χ1) is 9.76. The molecule has 0 saturated carbocycles. The van der Waals surface area contributed by atoms with Gasteiger partial charge in [-0.25, -0.2) is 9.97 Å². The Bertz CT molecular complexity index is 371. The summed E-state index contributed by atoms with van der Waals surface area (Å²) < 4.78 is 5.30. The molecule has 0 aromatic carbocycles. The molecular weight excluding hydrogens is 252 g/mol. The fraction of sp³-hybridized carbons (Fsp3) is 0.733. The maximum absolute atomic E-state index is 5.77. The van der Waals surface area contributed by atoms with Crippen molar-refractivity contribution in [1.82, 2.24) is 9.97 Å². The number of nitrogens with zero attached hydrogens (tertiary/aromatic N) is 2. The van der Waals surface area contributed by atoms with Crippen molar-refractivity contribution in [2.45, 2.75) is 59.0 Å². The topological polar surface area (TPSA) is 73.1 Å². The fourth-order valence-electron chi connectivity index (χ4n) is 1.99. The highest BCUT2D eigenvalue weighted by Gasteiger charge is 2.02. The minimum Gasteiger partial charge on any atom is -0.384 e. The van der Waals surface area contributed by atoms with Crippen LogP contribution in [0.3, 0.4) is 0 Å². The third-order valence-corrected chi connectivity index (χ3v) is 3.06. The number of hydrogen-bond acceptors (Lipinski definition) is 5. The lowest BCUT2D eigenvalue weighted by Crippen LogP contribution is -2.08. The smallest absolute Gasteiger partial charge is 0.158 e. The SMILES string of the molecule is CCCCCCCCNc1cc(N)nc(COCC)n1. The van der Waals surface area contributed by atoms with Gasteiger partial charge in [-0.05, 0) is 13.3 Å². The Morgan fingerprint density at radius 1 is 1.10 bits per heavy atom. The molecule has 0 saturated heterocycles. The highest BCUT2D eigenvalue weighted by molar-refractivity contribution is 5.44. The lowest BCUT2D eigenvalue weighted by atomic mass is 10.1. The molecule has 1 aromatic rings. The van der Waals surface area contributed by atoms with E-state index in [0.717, 1.165) is 18.8 Å². The molecule has 0 radical (unpaired) electrons. The number of unbranched alkanes of at least 4 members (excludes halogenated alkanes) is 5. The highest BCUT2D eigenvalue weighted by atomic mass is 16.5. The predicted octanol–water partition coefficient (Wildman–Crippen LogP) is 3.37. The average molecular weight is 280 g/mol. The maximum Gasteiger partial charge on any atom is 0.158 e. The zero-order valence-corrected chi connectivity index (χ0v) is 12.8. The van der Waals surface area contributed by atoms with Gasteiger partial charge >= 0.3 is 0 Å². The van der Waals surface area contributed by atoms with Gasteiger partial charge < -0.3 is 15.8 Å². The van der Waals surface area contributed by atoms with E-state index >= 15 is 0 Å². The van der Waals surface area contributed by atoms with Crippen molar-refractivity contribution in [3.05, 3.63) is 11.9 Å². The summed E-state index contributed by atoms with van der Waals surface area (Å²) >= 11 is 0. The Hall–Kier alpha value is -1.36. The Kier molecular flexibility index (Phi) is 8.71. The van der Waals surface area contributed by atoms with Gasteiger partial charge in [-0.2, -0.15) is 0 Å². The minimum absolute atomic E-state index is 0.410. The van der Waals surface area contributed by atoms with Crippen LogP contribution in [0.5, 0.6) is 0 Å². The summed E-state index contributed by atoms with van der Waals surface area (Å²) in [6, 6.07) is 1.77. The molecule has 20 heavy (non-hydrogen) atoms. The number of anilines is 2. The Labute approximate surface area is 122 Å². The standard InChI is InChI=1S/C15H28N4O/c1-3-5-6-7-8-9-10-17-14-11-13(16)18-15(19-14)12-20-4-2/h11H,3-10,12H2,1-2H3,(H3,16,17,18,19). The van der Waals surface area contributed by atoms with Crippen LogP contribution in [-0.2, 0) is 11.3 Å². The molecule has 0 fully saturated rings. The van der Waals surface area contributed by atoms with Crippen LogP contribution < -0.4 is 11.1 Å². The zero-order valence-electron chi connectivity index (χ0n) is 12.8. The average Bonchev–Trinajstić information content (AvgIpc) is 2.43. The van der Waals surface area contributed by atoms with E-state index in [1.807, 2.05) is 6.92 Å². The van der Waals surface area contributed by atoms with Crippen LogP contribution in [0.15, 0.2) is 6.07 Å². The van der Waals surface area contributed by atoms with Crippen LogP contribution in [0.25, 0.3) is 0 Å². The summed E-state index contributed by atoms with van der Waals surface area (Å²) in [6.07, 6.45) is 7.72. The van der Waals surface area contributed by atoms with Crippen molar-refractivity contribution in [3.8, 4) is 0 Å². The van der Waals surface area contributed by atoms with Crippen molar-refractivity contribution in [2.75, 3.05) is 24.2 Å². The first-order valence-corrected chi connectivity index (χ1v) is 7.71. The summed E-state index contributed by atoms with van der Waals surface area (Å²) in [5, 5.41) is 3.31. The third kappa shape index (κ3) is 7.28. The van der Waals surface area contributed by atoms with E-state index in [0.29, 0.717) is 24.9 Å². The normalized spacial score (nSPS) is 10.7. The number of nitrogens with two attached hydrogens (primary N) is 1. The number of nitrogen functional groups attached to an aromatic ring is 1. The van der Waals surface area contributed by atoms with Crippen LogP contribution in [0.1, 0.15) is 58.2 Å². The summed E-state index contributed by atoms with van der Waals surface area (Å²) in [5.41, 5.74) is 5.77. The van der Waals surface area contributed by atoms with E-state index in [1.54, 1.807) is 6.07 Å². The van der Waals surface area contributed by atoms with Crippen LogP contribution in [0.4, 0.5) is 11.6 Å². The predicted molar refractivity (Wildman–Crippen MR) is 83.6 cm³/mol. The van der Waals surface area contributed by atoms with Gasteiger partial charge in [-0.15, -0.1) is 0 Å². The van der Waals surface area contributed by atoms with E-state index < -0.39 is 0 Å². The van der Waals surface area contributed by atoms with Gasteiger partial charge in [0, 0.05) is 19.2 Å². The van der Waals surface area contributed by atoms with Gasteiger partial charge in [0.25, 0.3) is 0 Å². The summed E-state index contributed by atoms with van der Waals surface area (Å²) in [4.78, 5) is 8.54. The van der Waals surface area contributed by atoms with E-state index in [9.17, 15) is 0 Å². The molecular formula is C15H28N4O. The van der Waals surface area contributed by atoms with E-state index in [4.69, 9.17) is 10.5 Å². The van der Waals surface area contributed by atoms with Crippen molar-refractivity contribution in [2.24, 2.45) is 0 Å². The lowest BCUT2D eigenvalue weighted by Gasteiger charge is -2.08. The van der Waals surface area contributed by atoms with E-state index in [1.165, 1.54) is 32.1 Å². The van der Waals surface area contributed by atoms with Gasteiger partial charge in [0.15, 0.2) is 5.82 Å². The second kappa shape index (κ2) is 10.4. The van der Waals surface area contributed by atoms with Gasteiger partial charge in [0.2, 0.25) is 0 Å². The fourth-order valence-corrected chi connectivity index (χ4v) is 1.99. The maximum atomic E-state index is 5.77. The first-order valence-electron chi connectivity index (χ1n) is 7.71. The quantitative estimate of drug-likeness (QED) is 0.608.